The second-order valence-electron chi connectivity index (χ2n) is 11.3. The lowest BCUT2D eigenvalue weighted by Crippen LogP contribution is -2.45. The molecule has 1 aliphatic rings. The fraction of sp³-hybridized carbons (Fsp3) is 0.586. The molecule has 6 heteroatoms. The van der Waals surface area contributed by atoms with Gasteiger partial charge in [0.2, 0.25) is 0 Å². The maximum Gasteiger partial charge on any atom is 0.306 e. The highest BCUT2D eigenvalue weighted by atomic mass is 28.4. The van der Waals surface area contributed by atoms with Crippen molar-refractivity contribution < 1.29 is 23.1 Å². The smallest absolute Gasteiger partial charge is 0.306 e. The van der Waals surface area contributed by atoms with Crippen LogP contribution in [0.4, 0.5) is 4.39 Å². The zero-order chi connectivity index (χ0) is 26.2. The van der Waals surface area contributed by atoms with E-state index < -0.39 is 8.32 Å². The van der Waals surface area contributed by atoms with Gasteiger partial charge < -0.3 is 9.16 Å². The van der Waals surface area contributed by atoms with Crippen molar-refractivity contribution in [2.24, 2.45) is 11.8 Å². The molecule has 0 N–H and O–H groups in total. The fourth-order valence-corrected chi connectivity index (χ4v) is 5.38. The van der Waals surface area contributed by atoms with E-state index in [0.717, 1.165) is 18.4 Å². The summed E-state index contributed by atoms with van der Waals surface area (Å²) in [6.07, 6.45) is 10.9. The van der Waals surface area contributed by atoms with Gasteiger partial charge in [0.1, 0.15) is 11.6 Å². The highest BCUT2D eigenvalue weighted by Crippen LogP contribution is 2.43. The molecule has 0 aromatic heterocycles. The third-order valence-electron chi connectivity index (χ3n) is 7.02. The second-order valence-corrected chi connectivity index (χ2v) is 16.1. The van der Waals surface area contributed by atoms with Gasteiger partial charge in [0.05, 0.1) is 12.2 Å². The summed E-state index contributed by atoms with van der Waals surface area (Å²) in [6.45, 7) is 14.7. The molecule has 1 aromatic carbocycles. The lowest BCUT2D eigenvalue weighted by Gasteiger charge is -2.39. The first-order chi connectivity index (χ1) is 16.3. The van der Waals surface area contributed by atoms with Crippen LogP contribution < -0.4 is 0 Å². The highest BCUT2D eigenvalue weighted by Gasteiger charge is 2.46. The lowest BCUT2D eigenvalue weighted by molar-refractivity contribution is -0.147. The number of rotatable bonds is 11. The third kappa shape index (κ3) is 9.15. The summed E-state index contributed by atoms with van der Waals surface area (Å²) < 4.78 is 25.2. The number of benzene rings is 1. The molecule has 0 unspecified atom stereocenters. The van der Waals surface area contributed by atoms with Crippen molar-refractivity contribution in [3.05, 3.63) is 53.9 Å². The van der Waals surface area contributed by atoms with E-state index in [0.29, 0.717) is 19.3 Å². The van der Waals surface area contributed by atoms with E-state index in [1.54, 1.807) is 12.1 Å². The average molecular weight is 503 g/mol. The Labute approximate surface area is 212 Å². The van der Waals surface area contributed by atoms with Gasteiger partial charge in [-0.05, 0) is 68.9 Å². The molecule has 0 amide bonds. The first kappa shape index (κ1) is 29.2. The molecule has 0 spiro atoms. The van der Waals surface area contributed by atoms with Crippen LogP contribution in [0.2, 0.25) is 18.1 Å². The molecule has 1 saturated carbocycles. The van der Waals surface area contributed by atoms with Crippen molar-refractivity contribution in [2.45, 2.75) is 97.1 Å². The van der Waals surface area contributed by atoms with Crippen LogP contribution in [-0.4, -0.2) is 32.3 Å². The van der Waals surface area contributed by atoms with Gasteiger partial charge in [0.15, 0.2) is 8.32 Å². The molecule has 4 nitrogen and oxygen atoms in total. The molecule has 0 saturated heterocycles. The molecule has 194 valence electrons. The van der Waals surface area contributed by atoms with Gasteiger partial charge in [-0.1, -0.05) is 57.2 Å². The van der Waals surface area contributed by atoms with E-state index in [1.165, 1.54) is 12.1 Å². The molecule has 2 rings (SSSR count). The maximum atomic E-state index is 13.3. The van der Waals surface area contributed by atoms with Gasteiger partial charge in [0, 0.05) is 24.7 Å². The molecule has 0 heterocycles. The van der Waals surface area contributed by atoms with Crippen LogP contribution in [0.5, 0.6) is 0 Å². The first-order valence-electron chi connectivity index (χ1n) is 12.8. The minimum absolute atomic E-state index is 0.0349. The lowest BCUT2D eigenvalue weighted by atomic mass is 9.90. The molecule has 1 aromatic rings. The molecule has 1 fully saturated rings. The van der Waals surface area contributed by atoms with E-state index in [1.807, 2.05) is 19.9 Å². The molecule has 0 radical (unpaired) electrons. The number of ether oxygens (including phenoxy) is 1. The maximum absolute atomic E-state index is 13.3. The quantitative estimate of drug-likeness (QED) is 0.136. The van der Waals surface area contributed by atoms with Crippen molar-refractivity contribution in [1.82, 2.24) is 0 Å². The zero-order valence-electron chi connectivity index (χ0n) is 22.5. The number of carbonyl (C=O) groups excluding carboxylic acids is 2. The molecule has 0 bridgehead atoms. The summed E-state index contributed by atoms with van der Waals surface area (Å²) in [7, 11) is -2.06. The van der Waals surface area contributed by atoms with Crippen LogP contribution in [-0.2, 0) is 18.8 Å². The Bertz CT molecular complexity index is 896. The van der Waals surface area contributed by atoms with Gasteiger partial charge in [-0.2, -0.15) is 0 Å². The fourth-order valence-electron chi connectivity index (χ4n) is 4.02. The Morgan fingerprint density at radius 1 is 1.17 bits per heavy atom. The van der Waals surface area contributed by atoms with E-state index in [9.17, 15) is 14.0 Å². The predicted octanol–water partition coefficient (Wildman–Crippen LogP) is 7.50. The SMILES string of the molecule is CC(C)OC(=O)CCC/C=C\C[C@H]1C(=O)C[C@@H](O[Si](C)(C)C(C)(C)C)[C@@H]1/C=C/c1ccc(F)cc1. The number of Topliss-reactive ketones (excluding diaryl/α,β-unsaturated/α-hetero) is 1. The summed E-state index contributed by atoms with van der Waals surface area (Å²) in [5.41, 5.74) is 0.902. The molecular formula is C29H43FO4Si. The van der Waals surface area contributed by atoms with Crippen molar-refractivity contribution >= 4 is 26.1 Å². The van der Waals surface area contributed by atoms with Crippen molar-refractivity contribution in [2.75, 3.05) is 0 Å². The Kier molecular flexibility index (Phi) is 10.6. The van der Waals surface area contributed by atoms with Crippen molar-refractivity contribution in [1.29, 1.82) is 0 Å². The standard InChI is InChI=1S/C29H43FO4Si/c1-21(2)33-28(32)13-11-9-8-10-12-24-25(19-16-22-14-17-23(30)18-15-22)27(20-26(24)31)34-35(6,7)29(3,4)5/h8,10,14-19,21,24-25,27H,9,11-13,20H2,1-7H3/b10-8-,19-16+/t24-,25-,27-/m1/s1. The molecule has 0 aliphatic heterocycles. The molecular weight excluding hydrogens is 459 g/mol. The largest absolute Gasteiger partial charge is 0.463 e. The summed E-state index contributed by atoms with van der Waals surface area (Å²) >= 11 is 0. The molecule has 1 aliphatic carbocycles. The topological polar surface area (TPSA) is 52.6 Å². The van der Waals surface area contributed by atoms with Crippen LogP contribution in [0.15, 0.2) is 42.5 Å². The van der Waals surface area contributed by atoms with Crippen LogP contribution in [0.1, 0.15) is 72.3 Å². The normalized spacial score (nSPS) is 21.5. The van der Waals surface area contributed by atoms with Gasteiger partial charge in [-0.15, -0.1) is 0 Å². The minimum atomic E-state index is -2.06. The number of carbonyl (C=O) groups is 2. The number of hydrogen-bond acceptors (Lipinski definition) is 4. The average Bonchev–Trinajstić information content (AvgIpc) is 3.02. The van der Waals surface area contributed by atoms with Crippen molar-refractivity contribution in [3.8, 4) is 0 Å². The Balaban J connectivity index is 2.09. The Hall–Kier alpha value is -2.05. The Morgan fingerprint density at radius 3 is 2.43 bits per heavy atom. The molecule has 3 atom stereocenters. The van der Waals surface area contributed by atoms with Crippen LogP contribution in [0.3, 0.4) is 0 Å². The summed E-state index contributed by atoms with van der Waals surface area (Å²) in [4.78, 5) is 24.7. The monoisotopic (exact) mass is 502 g/mol. The molecule has 35 heavy (non-hydrogen) atoms. The number of halogens is 1. The van der Waals surface area contributed by atoms with Crippen LogP contribution in [0.25, 0.3) is 6.08 Å². The Morgan fingerprint density at radius 2 is 1.83 bits per heavy atom. The van der Waals surface area contributed by atoms with Crippen LogP contribution in [0, 0.1) is 17.7 Å². The summed E-state index contributed by atoms with van der Waals surface area (Å²) in [5, 5.41) is 0.0516. The predicted molar refractivity (Wildman–Crippen MR) is 143 cm³/mol. The number of allylic oxidation sites excluding steroid dienone is 2. The number of ketones is 1. The van der Waals surface area contributed by atoms with Crippen LogP contribution >= 0.6 is 0 Å². The zero-order valence-corrected chi connectivity index (χ0v) is 23.5. The van der Waals surface area contributed by atoms with Gasteiger partial charge in [0.25, 0.3) is 0 Å². The minimum Gasteiger partial charge on any atom is -0.463 e. The van der Waals surface area contributed by atoms with Gasteiger partial charge >= 0.3 is 5.97 Å². The number of unbranched alkanes of at least 4 members (excludes halogenated alkanes) is 1. The number of esters is 1. The van der Waals surface area contributed by atoms with E-state index >= 15 is 0 Å². The summed E-state index contributed by atoms with van der Waals surface area (Å²) in [5.74, 6) is -0.391. The first-order valence-corrected chi connectivity index (χ1v) is 15.7. The van der Waals surface area contributed by atoms with E-state index in [-0.39, 0.29) is 46.7 Å². The summed E-state index contributed by atoms with van der Waals surface area (Å²) in [6, 6.07) is 6.37. The van der Waals surface area contributed by atoms with E-state index in [4.69, 9.17) is 9.16 Å². The second kappa shape index (κ2) is 12.8. The number of hydrogen-bond donors (Lipinski definition) is 0. The van der Waals surface area contributed by atoms with Gasteiger partial charge in [-0.25, -0.2) is 4.39 Å². The van der Waals surface area contributed by atoms with Gasteiger partial charge in [-0.3, -0.25) is 9.59 Å². The van der Waals surface area contributed by atoms with Crippen molar-refractivity contribution in [3.63, 3.8) is 0 Å². The third-order valence-corrected chi connectivity index (χ3v) is 11.5. The highest BCUT2D eigenvalue weighted by molar-refractivity contribution is 6.74. The van der Waals surface area contributed by atoms with E-state index in [2.05, 4.69) is 52.1 Å².